The zero-order valence-electron chi connectivity index (χ0n) is 15.2. The van der Waals surface area contributed by atoms with Crippen LogP contribution in [0.25, 0.3) is 0 Å². The first-order chi connectivity index (χ1) is 12.6. The molecule has 0 bridgehead atoms. The molecule has 1 saturated heterocycles. The highest BCUT2D eigenvalue weighted by molar-refractivity contribution is 5.76. The second kappa shape index (κ2) is 8.81. The van der Waals surface area contributed by atoms with Gasteiger partial charge in [-0.2, -0.15) is 0 Å². The van der Waals surface area contributed by atoms with Crippen LogP contribution in [0, 0.1) is 5.82 Å². The SMILES string of the molecule is CCOc1ccc(CN2CCC(=O)N(Cc3ccc(F)cc3)CC2)cc1. The Bertz CT molecular complexity index is 716. The lowest BCUT2D eigenvalue weighted by Gasteiger charge is -2.22. The number of nitrogens with zero attached hydrogens (tertiary/aromatic N) is 2. The Morgan fingerprint density at radius 2 is 1.58 bits per heavy atom. The van der Waals surface area contributed by atoms with Crippen LogP contribution in [-0.2, 0) is 17.9 Å². The first-order valence-corrected chi connectivity index (χ1v) is 9.10. The molecule has 0 aliphatic carbocycles. The molecule has 138 valence electrons. The lowest BCUT2D eigenvalue weighted by Crippen LogP contribution is -2.32. The zero-order chi connectivity index (χ0) is 18.4. The van der Waals surface area contributed by atoms with E-state index in [0.29, 0.717) is 26.1 Å². The van der Waals surface area contributed by atoms with Gasteiger partial charge in [-0.25, -0.2) is 4.39 Å². The van der Waals surface area contributed by atoms with E-state index in [-0.39, 0.29) is 11.7 Å². The molecule has 1 aliphatic rings. The van der Waals surface area contributed by atoms with E-state index in [2.05, 4.69) is 17.0 Å². The molecule has 0 N–H and O–H groups in total. The molecule has 0 saturated carbocycles. The van der Waals surface area contributed by atoms with Crippen molar-refractivity contribution >= 4 is 5.91 Å². The molecule has 2 aromatic rings. The predicted molar refractivity (Wildman–Crippen MR) is 99.3 cm³/mol. The number of hydrogen-bond donors (Lipinski definition) is 0. The number of ether oxygens (including phenoxy) is 1. The third-order valence-electron chi connectivity index (χ3n) is 4.61. The number of benzene rings is 2. The van der Waals surface area contributed by atoms with E-state index < -0.39 is 0 Å². The molecule has 1 fully saturated rings. The molecule has 1 amide bonds. The molecule has 0 radical (unpaired) electrons. The lowest BCUT2D eigenvalue weighted by atomic mass is 10.2. The van der Waals surface area contributed by atoms with Gasteiger partial charge < -0.3 is 9.64 Å². The number of amides is 1. The Morgan fingerprint density at radius 1 is 0.923 bits per heavy atom. The predicted octanol–water partition coefficient (Wildman–Crippen LogP) is 3.46. The van der Waals surface area contributed by atoms with Crippen molar-refractivity contribution in [3.8, 4) is 5.75 Å². The van der Waals surface area contributed by atoms with Gasteiger partial charge in [-0.1, -0.05) is 24.3 Å². The summed E-state index contributed by atoms with van der Waals surface area (Å²) < 4.78 is 18.5. The van der Waals surface area contributed by atoms with E-state index in [4.69, 9.17) is 4.74 Å². The number of halogens is 1. The molecule has 3 rings (SSSR count). The first kappa shape index (κ1) is 18.4. The highest BCUT2D eigenvalue weighted by Crippen LogP contribution is 2.16. The highest BCUT2D eigenvalue weighted by Gasteiger charge is 2.21. The van der Waals surface area contributed by atoms with Crippen LogP contribution >= 0.6 is 0 Å². The Kier molecular flexibility index (Phi) is 6.23. The molecule has 4 nitrogen and oxygen atoms in total. The van der Waals surface area contributed by atoms with Crippen LogP contribution in [0.15, 0.2) is 48.5 Å². The third kappa shape index (κ3) is 5.05. The van der Waals surface area contributed by atoms with E-state index in [0.717, 1.165) is 30.9 Å². The van der Waals surface area contributed by atoms with Gasteiger partial charge >= 0.3 is 0 Å². The number of hydrogen-bond acceptors (Lipinski definition) is 3. The van der Waals surface area contributed by atoms with Crippen molar-refractivity contribution in [1.29, 1.82) is 0 Å². The Labute approximate surface area is 154 Å². The molecule has 26 heavy (non-hydrogen) atoms. The van der Waals surface area contributed by atoms with Crippen molar-refractivity contribution in [1.82, 2.24) is 9.80 Å². The lowest BCUT2D eigenvalue weighted by molar-refractivity contribution is -0.130. The van der Waals surface area contributed by atoms with E-state index >= 15 is 0 Å². The largest absolute Gasteiger partial charge is 0.494 e. The van der Waals surface area contributed by atoms with Crippen molar-refractivity contribution < 1.29 is 13.9 Å². The summed E-state index contributed by atoms with van der Waals surface area (Å²) in [4.78, 5) is 16.6. The maximum Gasteiger partial charge on any atom is 0.224 e. The van der Waals surface area contributed by atoms with Gasteiger partial charge in [0.2, 0.25) is 5.91 Å². The van der Waals surface area contributed by atoms with Crippen LogP contribution < -0.4 is 4.74 Å². The van der Waals surface area contributed by atoms with Gasteiger partial charge in [0.1, 0.15) is 11.6 Å². The molecule has 2 aromatic carbocycles. The van der Waals surface area contributed by atoms with Crippen LogP contribution in [0.2, 0.25) is 0 Å². The minimum atomic E-state index is -0.252. The zero-order valence-corrected chi connectivity index (χ0v) is 15.2. The quantitative estimate of drug-likeness (QED) is 0.795. The molecule has 1 heterocycles. The second-order valence-corrected chi connectivity index (χ2v) is 6.54. The fourth-order valence-electron chi connectivity index (χ4n) is 3.16. The summed E-state index contributed by atoms with van der Waals surface area (Å²) >= 11 is 0. The minimum Gasteiger partial charge on any atom is -0.494 e. The van der Waals surface area contributed by atoms with Gasteiger partial charge in [0.05, 0.1) is 6.61 Å². The van der Waals surface area contributed by atoms with Crippen molar-refractivity contribution in [2.45, 2.75) is 26.4 Å². The van der Waals surface area contributed by atoms with Crippen molar-refractivity contribution in [3.05, 3.63) is 65.5 Å². The van der Waals surface area contributed by atoms with Gasteiger partial charge in [-0.15, -0.1) is 0 Å². The Morgan fingerprint density at radius 3 is 2.27 bits per heavy atom. The van der Waals surface area contributed by atoms with Crippen LogP contribution in [0.4, 0.5) is 4.39 Å². The van der Waals surface area contributed by atoms with Crippen LogP contribution in [0.3, 0.4) is 0 Å². The number of carbonyl (C=O) groups is 1. The summed E-state index contributed by atoms with van der Waals surface area (Å²) in [5.41, 5.74) is 2.17. The average molecular weight is 356 g/mol. The normalized spacial score (nSPS) is 15.8. The van der Waals surface area contributed by atoms with Crippen LogP contribution in [0.5, 0.6) is 5.75 Å². The molecule has 1 aliphatic heterocycles. The van der Waals surface area contributed by atoms with E-state index in [9.17, 15) is 9.18 Å². The van der Waals surface area contributed by atoms with E-state index in [1.165, 1.54) is 17.7 Å². The highest BCUT2D eigenvalue weighted by atomic mass is 19.1. The molecular weight excluding hydrogens is 331 g/mol. The topological polar surface area (TPSA) is 32.8 Å². The number of carbonyl (C=O) groups excluding carboxylic acids is 1. The molecule has 5 heteroatoms. The van der Waals surface area contributed by atoms with E-state index in [1.807, 2.05) is 24.0 Å². The van der Waals surface area contributed by atoms with Gasteiger partial charge in [0, 0.05) is 39.1 Å². The van der Waals surface area contributed by atoms with Crippen LogP contribution in [-0.4, -0.2) is 41.9 Å². The maximum absolute atomic E-state index is 13.0. The van der Waals surface area contributed by atoms with Crippen molar-refractivity contribution in [3.63, 3.8) is 0 Å². The summed E-state index contributed by atoms with van der Waals surface area (Å²) in [7, 11) is 0. The Balaban J connectivity index is 1.56. The molecular formula is C21H25FN2O2. The molecule has 0 spiro atoms. The molecule has 0 unspecified atom stereocenters. The van der Waals surface area contributed by atoms with Crippen molar-refractivity contribution in [2.75, 3.05) is 26.2 Å². The van der Waals surface area contributed by atoms with E-state index in [1.54, 1.807) is 12.1 Å². The van der Waals surface area contributed by atoms with Crippen molar-refractivity contribution in [2.24, 2.45) is 0 Å². The Hall–Kier alpha value is -2.40. The third-order valence-corrected chi connectivity index (χ3v) is 4.61. The monoisotopic (exact) mass is 356 g/mol. The fraction of sp³-hybridized carbons (Fsp3) is 0.381. The number of rotatable bonds is 6. The average Bonchev–Trinajstić information content (AvgIpc) is 2.81. The summed E-state index contributed by atoms with van der Waals surface area (Å²) in [5.74, 6) is 0.786. The molecule has 0 aromatic heterocycles. The summed E-state index contributed by atoms with van der Waals surface area (Å²) in [6.45, 7) is 6.27. The summed E-state index contributed by atoms with van der Waals surface area (Å²) in [6, 6.07) is 14.5. The smallest absolute Gasteiger partial charge is 0.224 e. The molecule has 0 atom stereocenters. The summed E-state index contributed by atoms with van der Waals surface area (Å²) in [5, 5.41) is 0. The maximum atomic E-state index is 13.0. The summed E-state index contributed by atoms with van der Waals surface area (Å²) in [6.07, 6.45) is 0.512. The van der Waals surface area contributed by atoms with Crippen LogP contribution in [0.1, 0.15) is 24.5 Å². The van der Waals surface area contributed by atoms with Gasteiger partial charge in [-0.05, 0) is 42.3 Å². The fourth-order valence-corrected chi connectivity index (χ4v) is 3.16. The van der Waals surface area contributed by atoms with Gasteiger partial charge in [0.15, 0.2) is 0 Å². The second-order valence-electron chi connectivity index (χ2n) is 6.54. The van der Waals surface area contributed by atoms with Gasteiger partial charge in [0.25, 0.3) is 0 Å². The standard InChI is InChI=1S/C21H25FN2O2/c1-2-26-20-9-5-17(6-10-20)15-23-12-11-21(25)24(14-13-23)16-18-3-7-19(22)8-4-18/h3-10H,2,11-16H2,1H3. The minimum absolute atomic E-state index is 0.156. The van der Waals surface area contributed by atoms with Gasteiger partial charge in [-0.3, -0.25) is 9.69 Å². The first-order valence-electron chi connectivity index (χ1n) is 9.10.